The zero-order chi connectivity index (χ0) is 41.0. The maximum atomic E-state index is 6.70. The van der Waals surface area contributed by atoms with Gasteiger partial charge >= 0.3 is 0 Å². The number of rotatable bonds is 5. The number of ether oxygens (including phenoxy) is 1. The Morgan fingerprint density at radius 2 is 1.02 bits per heavy atom. The standard InChI is InChI=1S/C58H44N2O/c1-57(2)48-20-11-10-18-46(48)47-34-33-43(36-50(47)57)59(41-29-24-38(25-30-41)37-14-6-5-7-15-37)42-31-26-40(27-32-42)44-19-12-22-51-54(44)58(3,4)49-21-13-23-52-56(49)60(51)55-45-17-9-8-16-39(45)28-35-53(55)61-52/h5-36H,1-4H3. The third kappa shape index (κ3) is 5.23. The van der Waals surface area contributed by atoms with Crippen LogP contribution in [0.2, 0.25) is 0 Å². The van der Waals surface area contributed by atoms with E-state index in [9.17, 15) is 0 Å². The van der Waals surface area contributed by atoms with Gasteiger partial charge in [-0.3, -0.25) is 0 Å². The van der Waals surface area contributed by atoms with Crippen LogP contribution < -0.4 is 14.5 Å². The first-order valence-corrected chi connectivity index (χ1v) is 21.3. The third-order valence-electron chi connectivity index (χ3n) is 13.6. The molecule has 0 saturated heterocycles. The SMILES string of the molecule is CC1(C)c2ccccc2-c2ccc(N(c3ccc(-c4ccccc4)cc3)c3ccc(-c4cccc5c4C(C)(C)c4cccc6c4N5c4c(ccc5ccccc45)O6)cc3)cc21. The molecule has 3 aliphatic rings. The first-order chi connectivity index (χ1) is 29.8. The number of fused-ring (bicyclic) bond motifs is 9. The third-order valence-corrected chi connectivity index (χ3v) is 13.6. The van der Waals surface area contributed by atoms with Crippen LogP contribution in [0.4, 0.5) is 34.1 Å². The van der Waals surface area contributed by atoms with Crippen molar-refractivity contribution in [3.8, 4) is 44.9 Å². The highest BCUT2D eigenvalue weighted by Gasteiger charge is 2.43. The minimum absolute atomic E-state index is 0.111. The van der Waals surface area contributed by atoms with Crippen LogP contribution in [0.25, 0.3) is 44.2 Å². The van der Waals surface area contributed by atoms with Crippen LogP contribution in [0.3, 0.4) is 0 Å². The highest BCUT2D eigenvalue weighted by molar-refractivity contribution is 6.06. The molecular formula is C58H44N2O. The van der Waals surface area contributed by atoms with Gasteiger partial charge < -0.3 is 14.5 Å². The lowest BCUT2D eigenvalue weighted by Crippen LogP contribution is -2.33. The molecule has 12 rings (SSSR count). The zero-order valence-electron chi connectivity index (χ0n) is 34.8. The molecule has 0 spiro atoms. The Morgan fingerprint density at radius 1 is 0.410 bits per heavy atom. The Morgan fingerprint density at radius 3 is 1.82 bits per heavy atom. The molecule has 292 valence electrons. The summed E-state index contributed by atoms with van der Waals surface area (Å²) in [4.78, 5) is 4.88. The number of anilines is 6. The van der Waals surface area contributed by atoms with E-state index in [2.05, 4.69) is 232 Å². The molecule has 2 heterocycles. The van der Waals surface area contributed by atoms with E-state index in [4.69, 9.17) is 4.74 Å². The predicted molar refractivity (Wildman–Crippen MR) is 254 cm³/mol. The number of nitrogens with zero attached hydrogens (tertiary/aromatic N) is 2. The molecule has 3 heteroatoms. The van der Waals surface area contributed by atoms with E-state index in [0.717, 1.165) is 39.9 Å². The van der Waals surface area contributed by atoms with E-state index < -0.39 is 0 Å². The summed E-state index contributed by atoms with van der Waals surface area (Å²) >= 11 is 0. The minimum atomic E-state index is -0.306. The van der Waals surface area contributed by atoms with Crippen molar-refractivity contribution in [3.05, 3.63) is 216 Å². The summed E-state index contributed by atoms with van der Waals surface area (Å²) in [7, 11) is 0. The second-order valence-electron chi connectivity index (χ2n) is 17.7. The van der Waals surface area contributed by atoms with Gasteiger partial charge in [-0.05, 0) is 116 Å². The lowest BCUT2D eigenvalue weighted by atomic mass is 9.70. The van der Waals surface area contributed by atoms with Gasteiger partial charge in [-0.15, -0.1) is 0 Å². The van der Waals surface area contributed by atoms with Crippen LogP contribution >= 0.6 is 0 Å². The highest BCUT2D eigenvalue weighted by atomic mass is 16.5. The van der Waals surface area contributed by atoms with Gasteiger partial charge in [0.1, 0.15) is 0 Å². The Balaban J connectivity index is 0.999. The van der Waals surface area contributed by atoms with Crippen LogP contribution in [0, 0.1) is 0 Å². The van der Waals surface area contributed by atoms with Crippen LogP contribution in [0.15, 0.2) is 194 Å². The van der Waals surface area contributed by atoms with Gasteiger partial charge in [-0.1, -0.05) is 167 Å². The van der Waals surface area contributed by atoms with Crippen molar-refractivity contribution >= 4 is 44.9 Å². The van der Waals surface area contributed by atoms with Crippen molar-refractivity contribution in [2.24, 2.45) is 0 Å². The molecule has 0 radical (unpaired) electrons. The smallest absolute Gasteiger partial charge is 0.152 e. The summed E-state index contributed by atoms with van der Waals surface area (Å²) in [5.41, 5.74) is 19.1. The van der Waals surface area contributed by atoms with Gasteiger partial charge in [0, 0.05) is 33.3 Å². The van der Waals surface area contributed by atoms with Gasteiger partial charge in [0.05, 0.1) is 17.1 Å². The summed E-state index contributed by atoms with van der Waals surface area (Å²) < 4.78 is 6.70. The molecule has 9 aromatic carbocycles. The van der Waals surface area contributed by atoms with E-state index in [1.807, 2.05) is 0 Å². The van der Waals surface area contributed by atoms with Gasteiger partial charge in [-0.25, -0.2) is 0 Å². The molecule has 0 amide bonds. The number of para-hydroxylation sites is 1. The summed E-state index contributed by atoms with van der Waals surface area (Å²) in [6.07, 6.45) is 0. The van der Waals surface area contributed by atoms with E-state index in [-0.39, 0.29) is 10.8 Å². The maximum Gasteiger partial charge on any atom is 0.152 e. The van der Waals surface area contributed by atoms with E-state index >= 15 is 0 Å². The van der Waals surface area contributed by atoms with E-state index in [1.165, 1.54) is 72.1 Å². The lowest BCUT2D eigenvalue weighted by molar-refractivity contribution is 0.472. The summed E-state index contributed by atoms with van der Waals surface area (Å²) in [5.74, 6) is 1.77. The molecule has 2 aliphatic heterocycles. The van der Waals surface area contributed by atoms with Gasteiger partial charge in [0.25, 0.3) is 0 Å². The van der Waals surface area contributed by atoms with Crippen molar-refractivity contribution in [1.82, 2.24) is 0 Å². The van der Waals surface area contributed by atoms with E-state index in [0.29, 0.717) is 0 Å². The van der Waals surface area contributed by atoms with Crippen molar-refractivity contribution in [2.45, 2.75) is 38.5 Å². The highest BCUT2D eigenvalue weighted by Crippen LogP contribution is 2.62. The molecule has 0 aromatic heterocycles. The molecule has 1 aliphatic carbocycles. The zero-order valence-corrected chi connectivity index (χ0v) is 34.8. The molecule has 61 heavy (non-hydrogen) atoms. The predicted octanol–water partition coefficient (Wildman–Crippen LogP) is 16.2. The Hall–Kier alpha value is -7.36. The van der Waals surface area contributed by atoms with Crippen molar-refractivity contribution in [2.75, 3.05) is 9.80 Å². The average molecular weight is 785 g/mol. The molecule has 0 fully saturated rings. The van der Waals surface area contributed by atoms with Gasteiger partial charge in [-0.2, -0.15) is 0 Å². The monoisotopic (exact) mass is 784 g/mol. The Bertz CT molecular complexity index is 3220. The second-order valence-corrected chi connectivity index (χ2v) is 17.7. The van der Waals surface area contributed by atoms with Crippen molar-refractivity contribution in [3.63, 3.8) is 0 Å². The van der Waals surface area contributed by atoms with Crippen molar-refractivity contribution in [1.29, 1.82) is 0 Å². The fourth-order valence-electron chi connectivity index (χ4n) is 10.6. The minimum Gasteiger partial charge on any atom is -0.453 e. The molecule has 0 saturated carbocycles. The quantitative estimate of drug-likeness (QED) is 0.173. The average Bonchev–Trinajstić information content (AvgIpc) is 3.53. The van der Waals surface area contributed by atoms with Crippen LogP contribution in [-0.2, 0) is 10.8 Å². The number of hydrogen-bond donors (Lipinski definition) is 0. The summed E-state index contributed by atoms with van der Waals surface area (Å²) in [6, 6.07) is 71.0. The Labute approximate surface area is 357 Å². The first-order valence-electron chi connectivity index (χ1n) is 21.3. The largest absolute Gasteiger partial charge is 0.453 e. The Kier molecular flexibility index (Phi) is 7.62. The topological polar surface area (TPSA) is 15.7 Å². The summed E-state index contributed by atoms with van der Waals surface area (Å²) in [5, 5.41) is 2.37. The van der Waals surface area contributed by atoms with Crippen molar-refractivity contribution < 1.29 is 4.74 Å². The molecule has 9 aromatic rings. The molecular weight excluding hydrogens is 741 g/mol. The fraction of sp³-hybridized carbons (Fsp3) is 0.103. The summed E-state index contributed by atoms with van der Waals surface area (Å²) in [6.45, 7) is 9.44. The number of hydrogen-bond acceptors (Lipinski definition) is 3. The van der Waals surface area contributed by atoms with Gasteiger partial charge in [0.15, 0.2) is 11.5 Å². The van der Waals surface area contributed by atoms with E-state index in [1.54, 1.807) is 0 Å². The maximum absolute atomic E-state index is 6.70. The van der Waals surface area contributed by atoms with Gasteiger partial charge in [0.2, 0.25) is 0 Å². The molecule has 0 bridgehead atoms. The first kappa shape index (κ1) is 35.6. The lowest BCUT2D eigenvalue weighted by Gasteiger charge is -2.46. The van der Waals surface area contributed by atoms with Crippen LogP contribution in [0.5, 0.6) is 11.5 Å². The van der Waals surface area contributed by atoms with Crippen LogP contribution in [0.1, 0.15) is 49.9 Å². The normalized spacial score (nSPS) is 14.6. The fourth-order valence-corrected chi connectivity index (χ4v) is 10.6. The second kappa shape index (κ2) is 13.1. The van der Waals surface area contributed by atoms with Crippen LogP contribution in [-0.4, -0.2) is 0 Å². The molecule has 0 unspecified atom stereocenters. The molecule has 3 nitrogen and oxygen atoms in total. The molecule has 0 N–H and O–H groups in total. The molecule has 0 atom stereocenters. The number of benzene rings is 9.